The molecule has 32 heavy (non-hydrogen) atoms. The molecule has 1 aromatic heterocycles. The monoisotopic (exact) mass is 454 g/mol. The predicted octanol–water partition coefficient (Wildman–Crippen LogP) is 5.26. The highest BCUT2D eigenvalue weighted by atomic mass is 19.4. The van der Waals surface area contributed by atoms with Gasteiger partial charge in [0, 0.05) is 17.3 Å². The van der Waals surface area contributed by atoms with Crippen molar-refractivity contribution >= 4 is 12.0 Å². The van der Waals surface area contributed by atoms with E-state index in [0.29, 0.717) is 6.42 Å². The molecule has 3 N–H and O–H groups in total. The van der Waals surface area contributed by atoms with Gasteiger partial charge < -0.3 is 15.2 Å². The van der Waals surface area contributed by atoms with Crippen molar-refractivity contribution in [2.24, 2.45) is 11.7 Å². The number of nitrogens with one attached hydrogen (secondary N) is 1. The van der Waals surface area contributed by atoms with Gasteiger partial charge in [-0.2, -0.15) is 13.2 Å². The first-order chi connectivity index (χ1) is 14.8. The van der Waals surface area contributed by atoms with E-state index in [1.807, 2.05) is 13.8 Å². The van der Waals surface area contributed by atoms with E-state index in [9.17, 15) is 18.0 Å². The fraction of sp³-hybridized carbons (Fsp3) is 0.500. The van der Waals surface area contributed by atoms with E-state index >= 15 is 0 Å². The van der Waals surface area contributed by atoms with Crippen LogP contribution in [-0.2, 0) is 10.9 Å². The molecule has 1 aromatic carbocycles. The van der Waals surface area contributed by atoms with Crippen molar-refractivity contribution < 1.29 is 27.4 Å². The number of carbonyl (C=O) groups excluding carboxylic acids is 1. The molecule has 2 rings (SSSR count). The molecule has 0 saturated heterocycles. The largest absolute Gasteiger partial charge is 0.491 e. The highest BCUT2D eigenvalue weighted by Crippen LogP contribution is 2.39. The number of nitrogens with two attached hydrogens (primary N) is 1. The Balaban J connectivity index is 2.29. The lowest BCUT2D eigenvalue weighted by atomic mass is 9.93. The summed E-state index contributed by atoms with van der Waals surface area (Å²) in [5, 5.41) is 2.35. The number of benzene rings is 1. The summed E-state index contributed by atoms with van der Waals surface area (Å²) in [7, 11) is 0. The second kappa shape index (κ2) is 10.2. The van der Waals surface area contributed by atoms with E-state index in [1.165, 1.54) is 24.4 Å². The van der Waals surface area contributed by atoms with E-state index in [0.717, 1.165) is 6.07 Å². The Morgan fingerprint density at radius 1 is 1.19 bits per heavy atom. The van der Waals surface area contributed by atoms with E-state index in [2.05, 4.69) is 15.3 Å². The lowest BCUT2D eigenvalue weighted by Crippen LogP contribution is -2.43. The molecule has 0 aliphatic rings. The first-order valence-corrected chi connectivity index (χ1v) is 10.2. The number of carbonyl (C=O) groups is 1. The number of aromatic nitrogens is 2. The maximum atomic E-state index is 13.7. The van der Waals surface area contributed by atoms with Crippen molar-refractivity contribution in [3.8, 4) is 17.0 Å². The van der Waals surface area contributed by atoms with Crippen molar-refractivity contribution in [3.05, 3.63) is 36.0 Å². The number of hydrogen-bond acceptors (Lipinski definition) is 6. The first kappa shape index (κ1) is 25.4. The van der Waals surface area contributed by atoms with Crippen LogP contribution < -0.4 is 15.8 Å². The molecule has 0 spiro atoms. The molecular formula is C22H29F3N4O3. The second-order valence-corrected chi connectivity index (χ2v) is 8.59. The summed E-state index contributed by atoms with van der Waals surface area (Å²) in [6, 6.07) is 5.09. The van der Waals surface area contributed by atoms with Gasteiger partial charge in [-0.3, -0.25) is 5.32 Å². The van der Waals surface area contributed by atoms with Gasteiger partial charge in [0.2, 0.25) is 5.95 Å². The molecule has 176 valence electrons. The topological polar surface area (TPSA) is 99.4 Å². The number of nitrogens with zero attached hydrogens (tertiary/aromatic N) is 2. The Morgan fingerprint density at radius 3 is 2.47 bits per heavy atom. The average molecular weight is 454 g/mol. The van der Waals surface area contributed by atoms with Gasteiger partial charge in [-0.05, 0) is 57.4 Å². The molecule has 0 aliphatic carbocycles. The molecule has 2 aromatic rings. The fourth-order valence-electron chi connectivity index (χ4n) is 3.19. The van der Waals surface area contributed by atoms with Crippen molar-refractivity contribution in [2.45, 2.75) is 58.9 Å². The zero-order valence-corrected chi connectivity index (χ0v) is 18.8. The van der Waals surface area contributed by atoms with Crippen LogP contribution in [0.2, 0.25) is 0 Å². The summed E-state index contributed by atoms with van der Waals surface area (Å²) in [6.45, 7) is 8.99. The van der Waals surface area contributed by atoms with Crippen molar-refractivity contribution in [1.29, 1.82) is 0 Å². The molecule has 1 amide bonds. The minimum Gasteiger partial charge on any atom is -0.491 e. The SMILES string of the molecule is CC(C)C[C@](C)(N)COc1ccc(-c2ccnc(NC(=O)OC(C)C)n2)cc1C(F)(F)F. The van der Waals surface area contributed by atoms with Gasteiger partial charge in [0.15, 0.2) is 0 Å². The van der Waals surface area contributed by atoms with Gasteiger partial charge in [-0.25, -0.2) is 14.8 Å². The van der Waals surface area contributed by atoms with Crippen LogP contribution in [0.5, 0.6) is 5.75 Å². The third-order valence-electron chi connectivity index (χ3n) is 4.22. The van der Waals surface area contributed by atoms with E-state index in [1.54, 1.807) is 20.8 Å². The van der Waals surface area contributed by atoms with Crippen LogP contribution in [0.1, 0.15) is 46.6 Å². The highest BCUT2D eigenvalue weighted by molar-refractivity contribution is 5.82. The molecule has 0 saturated carbocycles. The molecule has 0 unspecified atom stereocenters. The van der Waals surface area contributed by atoms with Crippen LogP contribution in [-0.4, -0.2) is 34.3 Å². The molecule has 1 heterocycles. The van der Waals surface area contributed by atoms with Gasteiger partial charge in [0.05, 0.1) is 17.4 Å². The van der Waals surface area contributed by atoms with Crippen LogP contribution >= 0.6 is 0 Å². The van der Waals surface area contributed by atoms with Crippen molar-refractivity contribution in [2.75, 3.05) is 11.9 Å². The molecule has 0 fully saturated rings. The summed E-state index contributed by atoms with van der Waals surface area (Å²) in [6.07, 6.45) is -3.83. The molecular weight excluding hydrogens is 425 g/mol. The van der Waals surface area contributed by atoms with E-state index < -0.39 is 23.4 Å². The number of amides is 1. The van der Waals surface area contributed by atoms with Gasteiger partial charge in [0.25, 0.3) is 0 Å². The number of alkyl halides is 3. The molecule has 0 radical (unpaired) electrons. The van der Waals surface area contributed by atoms with Crippen molar-refractivity contribution in [1.82, 2.24) is 9.97 Å². The van der Waals surface area contributed by atoms with Gasteiger partial charge in [-0.15, -0.1) is 0 Å². The Kier molecular flexibility index (Phi) is 8.06. The van der Waals surface area contributed by atoms with Crippen LogP contribution in [0.3, 0.4) is 0 Å². The normalized spacial score (nSPS) is 13.7. The Hall–Kier alpha value is -2.88. The highest BCUT2D eigenvalue weighted by Gasteiger charge is 2.35. The number of anilines is 1. The number of hydrogen-bond donors (Lipinski definition) is 2. The molecule has 0 aliphatic heterocycles. The maximum Gasteiger partial charge on any atom is 0.419 e. The zero-order chi connectivity index (χ0) is 24.1. The first-order valence-electron chi connectivity index (χ1n) is 10.2. The molecule has 1 atom stereocenters. The fourth-order valence-corrected chi connectivity index (χ4v) is 3.19. The van der Waals surface area contributed by atoms with Crippen molar-refractivity contribution in [3.63, 3.8) is 0 Å². The lowest BCUT2D eigenvalue weighted by Gasteiger charge is -2.27. The van der Waals surface area contributed by atoms with Gasteiger partial charge >= 0.3 is 12.3 Å². The van der Waals surface area contributed by atoms with Crippen LogP contribution in [0.25, 0.3) is 11.3 Å². The predicted molar refractivity (Wildman–Crippen MR) is 115 cm³/mol. The van der Waals surface area contributed by atoms with Crippen LogP contribution in [0, 0.1) is 5.92 Å². The Bertz CT molecular complexity index is 931. The summed E-state index contributed by atoms with van der Waals surface area (Å²) >= 11 is 0. The van der Waals surface area contributed by atoms with Gasteiger partial charge in [-0.1, -0.05) is 13.8 Å². The minimum absolute atomic E-state index is 0.0624. The standard InChI is InChI=1S/C22H29F3N4O3/c1-13(2)11-21(5,26)12-31-18-7-6-15(10-16(18)22(23,24)25)17-8-9-27-19(28-17)29-20(30)32-14(3)4/h6-10,13-14H,11-12,26H2,1-5H3,(H,27,28,29,30)/t21-/m0/s1. The van der Waals surface area contributed by atoms with Crippen LogP contribution in [0.4, 0.5) is 23.9 Å². The lowest BCUT2D eigenvalue weighted by molar-refractivity contribution is -0.139. The number of ether oxygens (including phenoxy) is 2. The molecule has 0 bridgehead atoms. The Morgan fingerprint density at radius 2 is 1.88 bits per heavy atom. The van der Waals surface area contributed by atoms with Gasteiger partial charge in [0.1, 0.15) is 12.4 Å². The Labute approximate surface area is 185 Å². The minimum atomic E-state index is -4.65. The summed E-state index contributed by atoms with van der Waals surface area (Å²) in [4.78, 5) is 19.7. The molecule has 7 nitrogen and oxygen atoms in total. The third-order valence-corrected chi connectivity index (χ3v) is 4.22. The summed E-state index contributed by atoms with van der Waals surface area (Å²) in [5.41, 5.74) is 4.83. The smallest absolute Gasteiger partial charge is 0.419 e. The maximum absolute atomic E-state index is 13.7. The zero-order valence-electron chi connectivity index (χ0n) is 18.8. The van der Waals surface area contributed by atoms with E-state index in [4.69, 9.17) is 15.2 Å². The second-order valence-electron chi connectivity index (χ2n) is 8.59. The quantitative estimate of drug-likeness (QED) is 0.564. The average Bonchev–Trinajstić information content (AvgIpc) is 2.64. The number of rotatable bonds is 8. The molecule has 10 heteroatoms. The van der Waals surface area contributed by atoms with Crippen LogP contribution in [0.15, 0.2) is 30.5 Å². The van der Waals surface area contributed by atoms with E-state index in [-0.39, 0.29) is 41.6 Å². The number of halogens is 3. The third kappa shape index (κ3) is 7.67. The summed E-state index contributed by atoms with van der Waals surface area (Å²) < 4.78 is 51.6. The summed E-state index contributed by atoms with van der Waals surface area (Å²) in [5.74, 6) is -0.124.